The van der Waals surface area contributed by atoms with Crippen LogP contribution >= 0.6 is 0 Å². The lowest BCUT2D eigenvalue weighted by atomic mass is 10.0. The predicted octanol–water partition coefficient (Wildman–Crippen LogP) is 1.89. The van der Waals surface area contributed by atoms with E-state index in [1.54, 1.807) is 6.20 Å². The number of aromatic nitrogens is 1. The van der Waals surface area contributed by atoms with E-state index in [-0.39, 0.29) is 5.88 Å². The molecular weight excluding hydrogens is 240 g/mol. The van der Waals surface area contributed by atoms with Crippen LogP contribution in [-0.4, -0.2) is 11.3 Å². The third-order valence-electron chi connectivity index (χ3n) is 2.96. The number of rotatable bonds is 1. The van der Waals surface area contributed by atoms with Crippen LogP contribution in [0.2, 0.25) is 0 Å². The van der Waals surface area contributed by atoms with Gasteiger partial charge in [0.1, 0.15) is 11.6 Å². The predicted molar refractivity (Wildman–Crippen MR) is 71.4 cm³/mol. The van der Waals surface area contributed by atoms with Gasteiger partial charge >= 0.3 is 0 Å². The fourth-order valence-corrected chi connectivity index (χ4v) is 2.10. The summed E-state index contributed by atoms with van der Waals surface area (Å²) in [5, 5.41) is 10.1. The van der Waals surface area contributed by atoms with E-state index < -0.39 is 0 Å². The van der Waals surface area contributed by atoms with Gasteiger partial charge < -0.3 is 10.5 Å². The number of allylic oxidation sites excluding steroid dienone is 1. The summed E-state index contributed by atoms with van der Waals surface area (Å²) < 4.78 is 5.71. The third-order valence-corrected chi connectivity index (χ3v) is 2.96. The lowest BCUT2D eigenvalue weighted by molar-refractivity contribution is 0.405. The van der Waals surface area contributed by atoms with Gasteiger partial charge in [-0.1, -0.05) is 18.2 Å². The molecule has 0 saturated carbocycles. The fourth-order valence-electron chi connectivity index (χ4n) is 2.10. The highest BCUT2D eigenvalue weighted by Crippen LogP contribution is 2.35. The SMILES string of the molecule is N#CC1=C(N=CN)Oc2c(ccc3cccnc23)C1. The first-order chi connectivity index (χ1) is 9.33. The zero-order valence-corrected chi connectivity index (χ0v) is 10.00. The molecule has 1 aromatic heterocycles. The van der Waals surface area contributed by atoms with E-state index in [2.05, 4.69) is 16.0 Å². The second kappa shape index (κ2) is 4.42. The number of pyridine rings is 1. The molecule has 5 nitrogen and oxygen atoms in total. The van der Waals surface area contributed by atoms with Crippen LogP contribution in [0.15, 0.2) is 46.9 Å². The van der Waals surface area contributed by atoms with Crippen LogP contribution in [0.25, 0.3) is 10.9 Å². The zero-order chi connectivity index (χ0) is 13.2. The van der Waals surface area contributed by atoms with Crippen molar-refractivity contribution in [3.05, 3.63) is 47.5 Å². The van der Waals surface area contributed by atoms with E-state index in [1.165, 1.54) is 0 Å². The quantitative estimate of drug-likeness (QED) is 0.618. The lowest BCUT2D eigenvalue weighted by Crippen LogP contribution is -2.10. The van der Waals surface area contributed by atoms with E-state index in [0.29, 0.717) is 17.7 Å². The molecule has 0 spiro atoms. The Morgan fingerprint density at radius 3 is 3.11 bits per heavy atom. The molecule has 5 heteroatoms. The summed E-state index contributed by atoms with van der Waals surface area (Å²) in [5.41, 5.74) is 7.44. The summed E-state index contributed by atoms with van der Waals surface area (Å²) in [5.74, 6) is 0.897. The van der Waals surface area contributed by atoms with Crippen LogP contribution in [0.4, 0.5) is 0 Å². The maximum atomic E-state index is 9.11. The Bertz CT molecular complexity index is 756. The number of nitrogens with zero attached hydrogens (tertiary/aromatic N) is 3. The average Bonchev–Trinajstić information content (AvgIpc) is 2.47. The Morgan fingerprint density at radius 2 is 2.32 bits per heavy atom. The van der Waals surface area contributed by atoms with Crippen LogP contribution in [0, 0.1) is 11.3 Å². The Kier molecular flexibility index (Phi) is 2.62. The number of aliphatic imine (C=N–C) groups is 1. The van der Waals surface area contributed by atoms with Crippen LogP contribution in [0.3, 0.4) is 0 Å². The maximum absolute atomic E-state index is 9.11. The Labute approximate surface area is 109 Å². The van der Waals surface area contributed by atoms with Crippen molar-refractivity contribution < 1.29 is 4.74 Å². The summed E-state index contributed by atoms with van der Waals surface area (Å²) in [6.07, 6.45) is 3.31. The second-order valence-electron chi connectivity index (χ2n) is 4.08. The van der Waals surface area contributed by atoms with Gasteiger partial charge in [-0.2, -0.15) is 5.26 Å². The molecule has 2 aromatic rings. The fraction of sp³-hybridized carbons (Fsp3) is 0.0714. The van der Waals surface area contributed by atoms with Gasteiger partial charge in [-0.15, -0.1) is 0 Å². The lowest BCUT2D eigenvalue weighted by Gasteiger charge is -2.18. The van der Waals surface area contributed by atoms with Crippen LogP contribution in [0.5, 0.6) is 5.75 Å². The molecule has 3 rings (SSSR count). The van der Waals surface area contributed by atoms with Gasteiger partial charge in [-0.3, -0.25) is 4.98 Å². The number of hydrogen-bond donors (Lipinski definition) is 1. The van der Waals surface area contributed by atoms with Gasteiger partial charge in [-0.05, 0) is 6.07 Å². The number of nitrogens with two attached hydrogens (primary N) is 1. The monoisotopic (exact) mass is 250 g/mol. The molecule has 0 fully saturated rings. The summed E-state index contributed by atoms with van der Waals surface area (Å²) in [6.45, 7) is 0. The third kappa shape index (κ3) is 1.79. The highest BCUT2D eigenvalue weighted by Gasteiger charge is 2.21. The van der Waals surface area contributed by atoms with Gasteiger partial charge in [0.05, 0.1) is 11.9 Å². The highest BCUT2D eigenvalue weighted by atomic mass is 16.5. The van der Waals surface area contributed by atoms with E-state index >= 15 is 0 Å². The van der Waals surface area contributed by atoms with E-state index in [1.807, 2.05) is 24.3 Å². The number of hydrogen-bond acceptors (Lipinski definition) is 4. The summed E-state index contributed by atoms with van der Waals surface area (Å²) in [7, 11) is 0. The average molecular weight is 250 g/mol. The molecule has 2 N–H and O–H groups in total. The first kappa shape index (κ1) is 11.2. The molecule has 2 heterocycles. The number of nitriles is 1. The second-order valence-corrected chi connectivity index (χ2v) is 4.08. The van der Waals surface area contributed by atoms with Crippen LogP contribution < -0.4 is 10.5 Å². The first-order valence-electron chi connectivity index (χ1n) is 5.75. The number of fused-ring (bicyclic) bond motifs is 3. The molecular formula is C14H10N4O. The topological polar surface area (TPSA) is 84.3 Å². The summed E-state index contributed by atoms with van der Waals surface area (Å²) in [4.78, 5) is 8.23. The molecule has 0 bridgehead atoms. The minimum Gasteiger partial charge on any atom is -0.435 e. The molecule has 0 unspecified atom stereocenters. The molecule has 0 amide bonds. The molecule has 19 heavy (non-hydrogen) atoms. The van der Waals surface area contributed by atoms with E-state index in [4.69, 9.17) is 15.7 Å². The van der Waals surface area contributed by atoms with Gasteiger partial charge in [0.15, 0.2) is 5.75 Å². The maximum Gasteiger partial charge on any atom is 0.234 e. The molecule has 1 aliphatic rings. The van der Waals surface area contributed by atoms with Crippen LogP contribution in [-0.2, 0) is 6.42 Å². The molecule has 0 saturated heterocycles. The van der Waals surface area contributed by atoms with Crippen LogP contribution in [0.1, 0.15) is 5.56 Å². The Morgan fingerprint density at radius 1 is 1.42 bits per heavy atom. The van der Waals surface area contributed by atoms with Crippen molar-refractivity contribution in [1.82, 2.24) is 4.98 Å². The smallest absolute Gasteiger partial charge is 0.234 e. The van der Waals surface area contributed by atoms with E-state index in [9.17, 15) is 0 Å². The van der Waals surface area contributed by atoms with Crippen molar-refractivity contribution in [2.75, 3.05) is 0 Å². The highest BCUT2D eigenvalue weighted by molar-refractivity contribution is 5.86. The Hall–Kier alpha value is -2.87. The largest absolute Gasteiger partial charge is 0.435 e. The van der Waals surface area contributed by atoms with Crippen molar-refractivity contribution in [2.45, 2.75) is 6.42 Å². The van der Waals surface area contributed by atoms with Crippen molar-refractivity contribution in [3.8, 4) is 11.8 Å². The van der Waals surface area contributed by atoms with Crippen molar-refractivity contribution in [3.63, 3.8) is 0 Å². The summed E-state index contributed by atoms with van der Waals surface area (Å²) >= 11 is 0. The van der Waals surface area contributed by atoms with E-state index in [0.717, 1.165) is 22.8 Å². The first-order valence-corrected chi connectivity index (χ1v) is 5.75. The molecule has 1 aliphatic heterocycles. The minimum absolute atomic E-state index is 0.246. The molecule has 0 aliphatic carbocycles. The molecule has 0 radical (unpaired) electrons. The van der Waals surface area contributed by atoms with Gasteiger partial charge in [0.2, 0.25) is 5.88 Å². The normalized spacial score (nSPS) is 14.3. The minimum atomic E-state index is 0.246. The molecule has 0 atom stereocenters. The van der Waals surface area contributed by atoms with Gasteiger partial charge in [0.25, 0.3) is 0 Å². The number of ether oxygens (including phenoxy) is 1. The van der Waals surface area contributed by atoms with Crippen molar-refractivity contribution in [1.29, 1.82) is 5.26 Å². The van der Waals surface area contributed by atoms with Gasteiger partial charge in [0, 0.05) is 23.6 Å². The standard InChI is InChI=1S/C14H10N4O/c15-7-11-6-10-4-3-9-2-1-5-17-12(9)13(10)19-14(11)18-8-16/h1-5,8H,6H2,(H2,16,18). The number of benzene rings is 1. The molecule has 1 aromatic carbocycles. The van der Waals surface area contributed by atoms with Crippen molar-refractivity contribution >= 4 is 17.2 Å². The summed E-state index contributed by atoms with van der Waals surface area (Å²) in [6, 6.07) is 9.83. The molecule has 92 valence electrons. The van der Waals surface area contributed by atoms with Gasteiger partial charge in [-0.25, -0.2) is 4.99 Å². The zero-order valence-electron chi connectivity index (χ0n) is 10.00. The van der Waals surface area contributed by atoms with Crippen molar-refractivity contribution in [2.24, 2.45) is 10.7 Å². The Balaban J connectivity index is 2.20.